The Kier molecular flexibility index (Phi) is 6.27. The second-order valence-electron chi connectivity index (χ2n) is 7.90. The summed E-state index contributed by atoms with van der Waals surface area (Å²) in [7, 11) is 0. The highest BCUT2D eigenvalue weighted by molar-refractivity contribution is 6.03. The van der Waals surface area contributed by atoms with E-state index in [9.17, 15) is 18.4 Å². The van der Waals surface area contributed by atoms with Crippen molar-refractivity contribution >= 4 is 23.4 Å². The summed E-state index contributed by atoms with van der Waals surface area (Å²) in [4.78, 5) is 28.3. The Morgan fingerprint density at radius 1 is 1.18 bits per heavy atom. The molecule has 2 amide bonds. The molecular weight excluding hydrogens is 444 g/mol. The smallest absolute Gasteiger partial charge is 0.407 e. The number of amides is 2. The number of anilines is 2. The van der Waals surface area contributed by atoms with Crippen LogP contribution >= 0.6 is 0 Å². The first-order chi connectivity index (χ1) is 16.3. The Hall–Kier alpha value is -4.26. The van der Waals surface area contributed by atoms with E-state index in [0.29, 0.717) is 30.4 Å². The second kappa shape index (κ2) is 9.31. The van der Waals surface area contributed by atoms with Crippen LogP contribution in [0.1, 0.15) is 20.3 Å². The Bertz CT molecular complexity index is 1300. The van der Waals surface area contributed by atoms with Gasteiger partial charge in [-0.15, -0.1) is 0 Å². The van der Waals surface area contributed by atoms with Gasteiger partial charge in [-0.3, -0.25) is 14.4 Å². The van der Waals surface area contributed by atoms with Crippen molar-refractivity contribution in [2.24, 2.45) is 0 Å². The van der Waals surface area contributed by atoms with Gasteiger partial charge in [-0.05, 0) is 36.8 Å². The number of nitriles is 1. The van der Waals surface area contributed by atoms with Gasteiger partial charge in [-0.25, -0.2) is 13.6 Å². The maximum absolute atomic E-state index is 14.1. The standard InChI is InChI=1S/C24H21F2N5O3/c1-15-13-30(24(33)34-23-7-5-19(25)11-20(23)26)22-10-17(4-6-21(22)31(15)16(2)32)18-12-28-29(14-18)9-3-8-27/h4-7,10-12,14-15H,3,9,13H2,1-2H3/t15-/m0/s1. The molecule has 1 aromatic heterocycles. The van der Waals surface area contributed by atoms with Gasteiger partial charge in [-0.1, -0.05) is 6.07 Å². The molecule has 0 fully saturated rings. The summed E-state index contributed by atoms with van der Waals surface area (Å²) in [5.41, 5.74) is 2.39. The summed E-state index contributed by atoms with van der Waals surface area (Å²) in [6, 6.07) is 9.64. The predicted octanol–water partition coefficient (Wildman–Crippen LogP) is 4.50. The van der Waals surface area contributed by atoms with E-state index in [1.807, 2.05) is 6.07 Å². The number of fused-ring (bicyclic) bond motifs is 1. The predicted molar refractivity (Wildman–Crippen MR) is 120 cm³/mol. The molecule has 1 aliphatic rings. The second-order valence-corrected chi connectivity index (χ2v) is 7.90. The minimum Gasteiger partial charge on any atom is -0.407 e. The highest BCUT2D eigenvalue weighted by Crippen LogP contribution is 2.39. The number of ether oxygens (including phenoxy) is 1. The van der Waals surface area contributed by atoms with Gasteiger partial charge in [0, 0.05) is 31.3 Å². The number of hydrogen-bond donors (Lipinski definition) is 0. The Labute approximate surface area is 194 Å². The van der Waals surface area contributed by atoms with Crippen LogP contribution in [0.2, 0.25) is 0 Å². The van der Waals surface area contributed by atoms with Crippen LogP contribution in [0.5, 0.6) is 5.75 Å². The zero-order valence-corrected chi connectivity index (χ0v) is 18.5. The summed E-state index contributed by atoms with van der Waals surface area (Å²) in [5.74, 6) is -2.37. The molecule has 10 heteroatoms. The highest BCUT2D eigenvalue weighted by Gasteiger charge is 2.35. The number of hydrogen-bond acceptors (Lipinski definition) is 5. The number of aromatic nitrogens is 2. The quantitative estimate of drug-likeness (QED) is 0.566. The fourth-order valence-electron chi connectivity index (χ4n) is 3.96. The highest BCUT2D eigenvalue weighted by atomic mass is 19.1. The molecule has 3 aromatic rings. The van der Waals surface area contributed by atoms with Gasteiger partial charge >= 0.3 is 6.09 Å². The maximum Gasteiger partial charge on any atom is 0.419 e. The first-order valence-corrected chi connectivity index (χ1v) is 10.6. The lowest BCUT2D eigenvalue weighted by Crippen LogP contribution is -2.52. The van der Waals surface area contributed by atoms with E-state index in [1.54, 1.807) is 41.0 Å². The summed E-state index contributed by atoms with van der Waals surface area (Å²) in [6.07, 6.45) is 2.88. The fraction of sp³-hybridized carbons (Fsp3) is 0.250. The van der Waals surface area contributed by atoms with Gasteiger partial charge in [0.05, 0.1) is 42.6 Å². The number of carbonyl (C=O) groups excluding carboxylic acids is 2. The summed E-state index contributed by atoms with van der Waals surface area (Å²) >= 11 is 0. The van der Waals surface area contributed by atoms with Gasteiger partial charge in [0.1, 0.15) is 5.82 Å². The Morgan fingerprint density at radius 2 is 1.97 bits per heavy atom. The first kappa shape index (κ1) is 22.9. The number of nitrogens with zero attached hydrogens (tertiary/aromatic N) is 5. The van der Waals surface area contributed by atoms with Gasteiger partial charge in [-0.2, -0.15) is 10.4 Å². The molecule has 0 aliphatic carbocycles. The molecule has 34 heavy (non-hydrogen) atoms. The molecule has 0 bridgehead atoms. The minimum absolute atomic E-state index is 0.110. The van der Waals surface area contributed by atoms with Gasteiger partial charge in [0.15, 0.2) is 11.6 Å². The van der Waals surface area contributed by atoms with E-state index in [2.05, 4.69) is 11.2 Å². The molecule has 8 nitrogen and oxygen atoms in total. The number of aryl methyl sites for hydroxylation is 1. The van der Waals surface area contributed by atoms with Gasteiger partial charge < -0.3 is 9.64 Å². The fourth-order valence-corrected chi connectivity index (χ4v) is 3.96. The average Bonchev–Trinajstić information content (AvgIpc) is 3.27. The molecule has 0 spiro atoms. The van der Waals surface area contributed by atoms with Crippen molar-refractivity contribution in [1.82, 2.24) is 9.78 Å². The van der Waals surface area contributed by atoms with Crippen LogP contribution in [0.15, 0.2) is 48.8 Å². The third-order valence-corrected chi connectivity index (χ3v) is 5.48. The number of benzene rings is 2. The van der Waals surface area contributed by atoms with Crippen molar-refractivity contribution in [3.8, 4) is 22.9 Å². The van der Waals surface area contributed by atoms with E-state index in [4.69, 9.17) is 10.00 Å². The molecule has 1 aliphatic heterocycles. The lowest BCUT2D eigenvalue weighted by atomic mass is 10.0. The van der Waals surface area contributed by atoms with Crippen molar-refractivity contribution in [3.05, 3.63) is 60.4 Å². The molecule has 4 rings (SSSR count). The Morgan fingerprint density at radius 3 is 2.68 bits per heavy atom. The zero-order chi connectivity index (χ0) is 24.4. The van der Waals surface area contributed by atoms with E-state index < -0.39 is 23.5 Å². The third kappa shape index (κ3) is 4.45. The van der Waals surface area contributed by atoms with E-state index in [-0.39, 0.29) is 18.5 Å². The van der Waals surface area contributed by atoms with Crippen molar-refractivity contribution in [3.63, 3.8) is 0 Å². The normalized spacial score (nSPS) is 15.0. The number of rotatable bonds is 4. The van der Waals surface area contributed by atoms with Gasteiger partial charge in [0.2, 0.25) is 5.91 Å². The third-order valence-electron chi connectivity index (χ3n) is 5.48. The molecule has 0 saturated carbocycles. The molecule has 0 saturated heterocycles. The van der Waals surface area contributed by atoms with Crippen molar-refractivity contribution in [2.75, 3.05) is 16.3 Å². The monoisotopic (exact) mass is 465 g/mol. The summed E-state index contributed by atoms with van der Waals surface area (Å²) in [5, 5.41) is 13.0. The van der Waals surface area contributed by atoms with E-state index in [0.717, 1.165) is 23.3 Å². The summed E-state index contributed by atoms with van der Waals surface area (Å²) in [6.45, 7) is 3.78. The topological polar surface area (TPSA) is 91.5 Å². The van der Waals surface area contributed by atoms with Crippen LogP contribution in [0.3, 0.4) is 0 Å². The van der Waals surface area contributed by atoms with Crippen LogP contribution in [0.25, 0.3) is 11.1 Å². The molecule has 2 heterocycles. The van der Waals surface area contributed by atoms with E-state index in [1.165, 1.54) is 11.8 Å². The van der Waals surface area contributed by atoms with Crippen LogP contribution in [-0.4, -0.2) is 34.4 Å². The van der Waals surface area contributed by atoms with Crippen LogP contribution in [0, 0.1) is 23.0 Å². The SMILES string of the molecule is CC(=O)N1c2ccc(-c3cnn(CCC#N)c3)cc2N(C(=O)Oc2ccc(F)cc2F)C[C@@H]1C. The Balaban J connectivity index is 1.71. The zero-order valence-electron chi connectivity index (χ0n) is 18.5. The summed E-state index contributed by atoms with van der Waals surface area (Å²) < 4.78 is 34.2. The van der Waals surface area contributed by atoms with Crippen molar-refractivity contribution < 1.29 is 23.1 Å². The van der Waals surface area contributed by atoms with E-state index >= 15 is 0 Å². The molecule has 0 unspecified atom stereocenters. The van der Waals surface area contributed by atoms with Crippen molar-refractivity contribution in [2.45, 2.75) is 32.9 Å². The number of carbonyl (C=O) groups is 2. The largest absolute Gasteiger partial charge is 0.419 e. The van der Waals surface area contributed by atoms with Gasteiger partial charge in [0.25, 0.3) is 0 Å². The first-order valence-electron chi connectivity index (χ1n) is 10.6. The molecule has 0 radical (unpaired) electrons. The maximum atomic E-state index is 14.1. The number of halogens is 2. The lowest BCUT2D eigenvalue weighted by Gasteiger charge is -2.40. The molecule has 174 valence electrons. The van der Waals surface area contributed by atoms with Crippen LogP contribution in [0.4, 0.5) is 25.0 Å². The molecule has 2 aromatic carbocycles. The minimum atomic E-state index is -0.998. The molecule has 0 N–H and O–H groups in total. The van der Waals surface area contributed by atoms with Crippen molar-refractivity contribution in [1.29, 1.82) is 5.26 Å². The van der Waals surface area contributed by atoms with Crippen LogP contribution in [-0.2, 0) is 11.3 Å². The molecular formula is C24H21F2N5O3. The molecule has 1 atom stereocenters. The lowest BCUT2D eigenvalue weighted by molar-refractivity contribution is -0.117. The van der Waals surface area contributed by atoms with Crippen LogP contribution < -0.4 is 14.5 Å². The average molecular weight is 465 g/mol.